The number of H-pyrrole nitrogens is 1. The highest BCUT2D eigenvalue weighted by Crippen LogP contribution is 2.27. The topological polar surface area (TPSA) is 102 Å². The predicted molar refractivity (Wildman–Crippen MR) is 81.4 cm³/mol. The summed E-state index contributed by atoms with van der Waals surface area (Å²) >= 11 is 5.80. The third-order valence-electron chi connectivity index (χ3n) is 3.04. The number of benzene rings is 1. The van der Waals surface area contributed by atoms with Crippen LogP contribution in [0.3, 0.4) is 0 Å². The van der Waals surface area contributed by atoms with Gasteiger partial charge in [-0.3, -0.25) is 14.9 Å². The molecular formula is C14H13ClN2O5. The van der Waals surface area contributed by atoms with Gasteiger partial charge in [0, 0.05) is 12.1 Å². The predicted octanol–water partition coefficient (Wildman–Crippen LogP) is 3.05. The average Bonchev–Trinajstić information content (AvgIpc) is 2.46. The van der Waals surface area contributed by atoms with Gasteiger partial charge in [0.25, 0.3) is 5.69 Å². The minimum absolute atomic E-state index is 0.0153. The first kappa shape index (κ1) is 16.0. The van der Waals surface area contributed by atoms with Crippen LogP contribution in [-0.4, -0.2) is 22.5 Å². The molecule has 2 aromatic rings. The van der Waals surface area contributed by atoms with Crippen molar-refractivity contribution < 1.29 is 14.5 Å². The number of nitro benzene ring substituents is 1. The first-order chi connectivity index (χ1) is 10.4. The Morgan fingerprint density at radius 3 is 2.77 bits per heavy atom. The molecule has 0 saturated carbocycles. The number of carbonyl (C=O) groups is 1. The lowest BCUT2D eigenvalue weighted by molar-refractivity contribution is -0.384. The van der Waals surface area contributed by atoms with E-state index in [1.807, 2.05) is 6.92 Å². The van der Waals surface area contributed by atoms with Crippen LogP contribution in [0.4, 0.5) is 5.69 Å². The van der Waals surface area contributed by atoms with E-state index in [1.54, 1.807) is 0 Å². The van der Waals surface area contributed by atoms with Crippen molar-refractivity contribution >= 4 is 34.2 Å². The van der Waals surface area contributed by atoms with Gasteiger partial charge in [0.15, 0.2) is 5.43 Å². The lowest BCUT2D eigenvalue weighted by Crippen LogP contribution is -2.13. The van der Waals surface area contributed by atoms with Gasteiger partial charge in [0.05, 0.1) is 22.4 Å². The number of hydrogen-bond acceptors (Lipinski definition) is 5. The van der Waals surface area contributed by atoms with Crippen LogP contribution in [0.25, 0.3) is 10.9 Å². The summed E-state index contributed by atoms with van der Waals surface area (Å²) < 4.78 is 5.01. The van der Waals surface area contributed by atoms with E-state index >= 15 is 0 Å². The Labute approximate surface area is 130 Å². The van der Waals surface area contributed by atoms with E-state index in [2.05, 4.69) is 4.98 Å². The summed E-state index contributed by atoms with van der Waals surface area (Å²) in [6.07, 6.45) is 1.60. The smallest absolute Gasteiger partial charge is 0.354 e. The first-order valence-electron chi connectivity index (χ1n) is 6.62. The molecule has 0 fully saturated rings. The average molecular weight is 325 g/mol. The summed E-state index contributed by atoms with van der Waals surface area (Å²) in [4.78, 5) is 36.7. The van der Waals surface area contributed by atoms with Crippen molar-refractivity contribution in [3.8, 4) is 0 Å². The van der Waals surface area contributed by atoms with Gasteiger partial charge in [-0.15, -0.1) is 0 Å². The molecule has 0 aliphatic carbocycles. The number of aromatic nitrogens is 1. The second kappa shape index (κ2) is 6.57. The highest BCUT2D eigenvalue weighted by atomic mass is 35.5. The fourth-order valence-corrected chi connectivity index (χ4v) is 2.13. The van der Waals surface area contributed by atoms with Crippen LogP contribution in [0.15, 0.2) is 23.0 Å². The summed E-state index contributed by atoms with van der Waals surface area (Å²) in [6, 6.07) is 3.40. The minimum Gasteiger partial charge on any atom is -0.461 e. The number of pyridine rings is 1. The number of esters is 1. The molecule has 0 amide bonds. The molecular weight excluding hydrogens is 312 g/mol. The number of ether oxygens (including phenoxy) is 1. The molecule has 22 heavy (non-hydrogen) atoms. The molecule has 1 heterocycles. The Morgan fingerprint density at radius 1 is 1.41 bits per heavy atom. The third-order valence-corrected chi connectivity index (χ3v) is 3.35. The summed E-state index contributed by atoms with van der Waals surface area (Å²) in [6.45, 7) is 2.22. The Hall–Kier alpha value is -2.41. The number of aromatic amines is 1. The van der Waals surface area contributed by atoms with E-state index in [1.165, 1.54) is 6.07 Å². The van der Waals surface area contributed by atoms with Crippen LogP contribution < -0.4 is 5.43 Å². The second-order valence-corrected chi connectivity index (χ2v) is 5.05. The Morgan fingerprint density at radius 2 is 2.14 bits per heavy atom. The van der Waals surface area contributed by atoms with E-state index in [0.717, 1.165) is 25.0 Å². The Bertz CT molecular complexity index is 800. The monoisotopic (exact) mass is 324 g/mol. The van der Waals surface area contributed by atoms with Gasteiger partial charge in [-0.2, -0.15) is 0 Å². The molecule has 1 aromatic heterocycles. The molecule has 0 radical (unpaired) electrons. The largest absolute Gasteiger partial charge is 0.461 e. The fourth-order valence-electron chi connectivity index (χ4n) is 1.90. The summed E-state index contributed by atoms with van der Waals surface area (Å²) in [7, 11) is 0. The molecule has 2 rings (SSSR count). The fraction of sp³-hybridized carbons (Fsp3) is 0.286. The zero-order chi connectivity index (χ0) is 16.3. The number of fused-ring (bicyclic) bond motifs is 1. The molecule has 7 nitrogen and oxygen atoms in total. The molecule has 0 bridgehead atoms. The van der Waals surface area contributed by atoms with Gasteiger partial charge < -0.3 is 9.72 Å². The van der Waals surface area contributed by atoms with Crippen molar-refractivity contribution in [2.45, 2.75) is 19.8 Å². The van der Waals surface area contributed by atoms with E-state index < -0.39 is 16.3 Å². The molecule has 0 atom stereocenters. The zero-order valence-corrected chi connectivity index (χ0v) is 12.5. The van der Waals surface area contributed by atoms with Gasteiger partial charge in [0.2, 0.25) is 0 Å². The number of hydrogen-bond donors (Lipinski definition) is 1. The van der Waals surface area contributed by atoms with Crippen molar-refractivity contribution in [3.05, 3.63) is 49.3 Å². The highest BCUT2D eigenvalue weighted by Gasteiger charge is 2.17. The molecule has 0 spiro atoms. The van der Waals surface area contributed by atoms with Gasteiger partial charge in [-0.05, 0) is 12.5 Å². The number of unbranched alkanes of at least 4 members (excludes halogenated alkanes) is 1. The standard InChI is InChI=1S/C14H13ClN2O5/c1-2-3-4-22-14(19)11-7-13(18)8-5-12(17(20)21)9(15)6-10(8)16-11/h5-7H,2-4H2,1H3,(H,16,18). The number of nitro groups is 1. The van der Waals surface area contributed by atoms with Gasteiger partial charge in [-0.1, -0.05) is 24.9 Å². The second-order valence-electron chi connectivity index (χ2n) is 4.64. The van der Waals surface area contributed by atoms with Crippen LogP contribution in [0, 0.1) is 10.1 Å². The van der Waals surface area contributed by atoms with Crippen LogP contribution >= 0.6 is 11.6 Å². The third kappa shape index (κ3) is 3.25. The quantitative estimate of drug-likeness (QED) is 0.394. The lowest BCUT2D eigenvalue weighted by Gasteiger charge is -2.06. The summed E-state index contributed by atoms with van der Waals surface area (Å²) in [5.41, 5.74) is -0.655. The maximum atomic E-state index is 12.0. The molecule has 116 valence electrons. The van der Waals surface area contributed by atoms with E-state index in [9.17, 15) is 19.7 Å². The molecule has 0 unspecified atom stereocenters. The Kier molecular flexibility index (Phi) is 4.77. The highest BCUT2D eigenvalue weighted by molar-refractivity contribution is 6.33. The summed E-state index contributed by atoms with van der Waals surface area (Å²) in [5.74, 6) is -0.651. The van der Waals surface area contributed by atoms with Gasteiger partial charge in [-0.25, -0.2) is 4.79 Å². The molecule has 0 saturated heterocycles. The van der Waals surface area contributed by atoms with Crippen molar-refractivity contribution in [1.82, 2.24) is 4.98 Å². The first-order valence-corrected chi connectivity index (χ1v) is 7.00. The van der Waals surface area contributed by atoms with Crippen molar-refractivity contribution in [2.75, 3.05) is 6.61 Å². The van der Waals surface area contributed by atoms with E-state index in [0.29, 0.717) is 0 Å². The van der Waals surface area contributed by atoms with Crippen molar-refractivity contribution in [3.63, 3.8) is 0 Å². The van der Waals surface area contributed by atoms with Gasteiger partial charge >= 0.3 is 5.97 Å². The maximum absolute atomic E-state index is 12.0. The van der Waals surface area contributed by atoms with Crippen LogP contribution in [0.2, 0.25) is 5.02 Å². The van der Waals surface area contributed by atoms with Crippen LogP contribution in [0.5, 0.6) is 0 Å². The number of carbonyl (C=O) groups excluding carboxylic acids is 1. The normalized spacial score (nSPS) is 10.6. The number of halogens is 1. The maximum Gasteiger partial charge on any atom is 0.354 e. The Balaban J connectivity index is 2.45. The van der Waals surface area contributed by atoms with Crippen molar-refractivity contribution in [2.24, 2.45) is 0 Å². The molecule has 1 N–H and O–H groups in total. The van der Waals surface area contributed by atoms with Gasteiger partial charge in [0.1, 0.15) is 10.7 Å². The molecule has 1 aromatic carbocycles. The zero-order valence-electron chi connectivity index (χ0n) is 11.7. The van der Waals surface area contributed by atoms with Crippen molar-refractivity contribution in [1.29, 1.82) is 0 Å². The van der Waals surface area contributed by atoms with Crippen LogP contribution in [0.1, 0.15) is 30.3 Å². The number of nitrogens with zero attached hydrogens (tertiary/aromatic N) is 1. The summed E-state index contributed by atoms with van der Waals surface area (Å²) in [5, 5.41) is 10.8. The van der Waals surface area contributed by atoms with Crippen LogP contribution in [-0.2, 0) is 4.74 Å². The lowest BCUT2D eigenvalue weighted by atomic mass is 10.1. The molecule has 0 aliphatic rings. The molecule has 0 aliphatic heterocycles. The SMILES string of the molecule is CCCCOC(=O)c1cc(=O)c2cc([N+](=O)[O-])c(Cl)cc2[nH]1. The minimum atomic E-state index is -0.672. The molecule has 8 heteroatoms. The van der Waals surface area contributed by atoms with E-state index in [4.69, 9.17) is 16.3 Å². The van der Waals surface area contributed by atoms with E-state index in [-0.39, 0.29) is 33.9 Å². The number of rotatable bonds is 5. The number of nitrogens with one attached hydrogen (secondary N) is 1.